The first-order chi connectivity index (χ1) is 57.3. The van der Waals surface area contributed by atoms with Crippen LogP contribution in [-0.4, -0.2) is 186 Å². The summed E-state index contributed by atoms with van der Waals surface area (Å²) in [6.07, 6.45) is 13.7. The number of hydrogen-bond acceptors (Lipinski definition) is 17. The van der Waals surface area contributed by atoms with Gasteiger partial charge in [0.25, 0.3) is 47.3 Å². The number of nitrogens with one attached hydrogen (secondary N) is 13. The summed E-state index contributed by atoms with van der Waals surface area (Å²) in [5.41, 5.74) is 3.07. The second-order valence-electron chi connectivity index (χ2n) is 29.4. The molecule has 0 fully saturated rings. The summed E-state index contributed by atoms with van der Waals surface area (Å²) < 4.78 is 11.6. The van der Waals surface area contributed by atoms with Crippen LogP contribution in [0.3, 0.4) is 0 Å². The van der Waals surface area contributed by atoms with E-state index in [1.165, 1.54) is 130 Å². The minimum Gasteiger partial charge on any atom is -0.356 e. The van der Waals surface area contributed by atoms with Gasteiger partial charge in [0.05, 0.1) is 28.4 Å². The lowest BCUT2D eigenvalue weighted by molar-refractivity contribution is -0.127. The Morgan fingerprint density at radius 2 is 0.750 bits per heavy atom. The van der Waals surface area contributed by atoms with Crippen LogP contribution in [0, 0.1) is 0 Å². The lowest BCUT2D eigenvalue weighted by atomic mass is 9.90. The molecule has 38 nitrogen and oxygen atoms in total. The number of imidazole rings is 3. The van der Waals surface area contributed by atoms with Crippen molar-refractivity contribution in [2.45, 2.75) is 57.9 Å². The maximum absolute atomic E-state index is 14.3. The fourth-order valence-electron chi connectivity index (χ4n) is 13.9. The van der Waals surface area contributed by atoms with Gasteiger partial charge < -0.3 is 111 Å². The fraction of sp³-hybridized carbons (Fsp3) is 0.293. The van der Waals surface area contributed by atoms with Gasteiger partial charge in [-0.05, 0) is 115 Å². The van der Waals surface area contributed by atoms with E-state index in [-0.39, 0.29) is 149 Å². The van der Waals surface area contributed by atoms with Crippen LogP contribution < -0.4 is 69.1 Å². The van der Waals surface area contributed by atoms with Crippen molar-refractivity contribution in [1.29, 1.82) is 0 Å². The first-order valence-corrected chi connectivity index (χ1v) is 38.4. The molecule has 1 atom stereocenters. The van der Waals surface area contributed by atoms with E-state index in [0.717, 1.165) is 40.1 Å². The van der Waals surface area contributed by atoms with Crippen LogP contribution in [0.1, 0.15) is 135 Å². The average Bonchev–Trinajstić information content (AvgIpc) is 1.26. The zero-order valence-corrected chi connectivity index (χ0v) is 67.9. The monoisotopic (exact) mass is 1640 g/mol. The number of carbonyl (C=O) groups excluding carboxylic acids is 13. The molecule has 12 aromatic rings. The standard InChI is InChI=1S/C82H93N25O13/c1-46(108)87-63-43-105(9)73(94-63)82(120)98-65-45-107(11)72(96-65)81(119)92-55-36-61(103(7)42-55)78(116)89-51-33-58(100(4)38-51)75(113)85-29-25-57(93-68(111)27-30-84-66(109)18-13-15-47-19-20-50-22-21-48-16-12-17-49-23-24-56(47)70(50)69(48)49)74(112)97-64-44-106(10)71(95-64)80(118)91-54-37-62(104(8)41-54)79(117)90-53-35-60(102(6)40-53)77(115)88-52-34-59(101(5)39-52)76(114)86-31-26-67(110)83-28-14-32-99(2)3/h12,16-17,19-24,33-45,57H,13-15,18,25-32H2,1-11H3,(H,83,110)(H,84,109)(H,85,113)(H,86,114)(H,87,108)(H,88,115)(H,89,116)(H,90,117)(H,91,118)(H,92,119)(H,93,111)(H,97,112)(H,98,120)/t57-/m1/s1. The molecule has 38 heteroatoms. The van der Waals surface area contributed by atoms with Gasteiger partial charge >= 0.3 is 0 Å². The fourth-order valence-corrected chi connectivity index (χ4v) is 13.9. The number of aromatic nitrogens is 11. The summed E-state index contributed by atoms with van der Waals surface area (Å²) in [4.78, 5) is 189. The van der Waals surface area contributed by atoms with Gasteiger partial charge in [0.15, 0.2) is 17.5 Å². The first-order valence-electron chi connectivity index (χ1n) is 38.4. The molecule has 0 saturated carbocycles. The number of nitrogens with zero attached hydrogens (tertiary/aromatic N) is 12. The molecular weight excluding hydrogens is 1540 g/mol. The maximum atomic E-state index is 14.3. The Morgan fingerprint density at radius 3 is 1.23 bits per heavy atom. The van der Waals surface area contributed by atoms with Crippen molar-refractivity contribution >= 4 is 155 Å². The molecule has 0 bridgehead atoms. The number of anilines is 8. The molecule has 0 aliphatic heterocycles. The van der Waals surface area contributed by atoms with Gasteiger partial charge in [0, 0.05) is 158 Å². The number of benzene rings is 4. The van der Waals surface area contributed by atoms with Crippen LogP contribution in [0.2, 0.25) is 0 Å². The molecule has 13 N–H and O–H groups in total. The van der Waals surface area contributed by atoms with Gasteiger partial charge in [0.1, 0.15) is 34.5 Å². The number of carbonyl (C=O) groups is 13. The highest BCUT2D eigenvalue weighted by Crippen LogP contribution is 2.37. The molecule has 0 spiro atoms. The smallest absolute Gasteiger partial charge is 0.292 e. The molecule has 8 aromatic heterocycles. The number of aryl methyl sites for hydroxylation is 9. The predicted molar refractivity (Wildman–Crippen MR) is 450 cm³/mol. The van der Waals surface area contributed by atoms with E-state index in [0.29, 0.717) is 25.1 Å². The van der Waals surface area contributed by atoms with E-state index in [1.54, 1.807) is 60.1 Å². The summed E-state index contributed by atoms with van der Waals surface area (Å²) in [5.74, 6) is -7.26. The highest BCUT2D eigenvalue weighted by atomic mass is 16.2. The quantitative estimate of drug-likeness (QED) is 0.0162. The summed E-state index contributed by atoms with van der Waals surface area (Å²) >= 11 is 0. The van der Waals surface area contributed by atoms with Crippen molar-refractivity contribution in [1.82, 2.24) is 83.0 Å². The molecule has 13 amide bonds. The van der Waals surface area contributed by atoms with Crippen LogP contribution in [-0.2, 0) is 86.8 Å². The van der Waals surface area contributed by atoms with Crippen molar-refractivity contribution in [2.75, 3.05) is 89.4 Å². The Labute approximate surface area is 686 Å². The van der Waals surface area contributed by atoms with Gasteiger partial charge in [-0.15, -0.1) is 0 Å². The Bertz CT molecular complexity index is 5980. The van der Waals surface area contributed by atoms with E-state index >= 15 is 0 Å². The molecule has 0 unspecified atom stereocenters. The van der Waals surface area contributed by atoms with Crippen LogP contribution in [0.4, 0.5) is 45.9 Å². The average molecular weight is 1640 g/mol. The molecule has 12 rings (SSSR count). The molecule has 0 aliphatic carbocycles. The zero-order chi connectivity index (χ0) is 85.9. The van der Waals surface area contributed by atoms with E-state index in [2.05, 4.69) is 133 Å². The van der Waals surface area contributed by atoms with E-state index in [9.17, 15) is 62.3 Å². The van der Waals surface area contributed by atoms with Gasteiger partial charge in [-0.1, -0.05) is 54.6 Å². The Kier molecular flexibility index (Phi) is 25.9. The second kappa shape index (κ2) is 36.9. The largest absolute Gasteiger partial charge is 0.356 e. The first kappa shape index (κ1) is 84.4. The molecule has 0 saturated heterocycles. The second-order valence-corrected chi connectivity index (χ2v) is 29.4. The molecule has 0 radical (unpaired) electrons. The topological polar surface area (TPSA) is 460 Å². The van der Waals surface area contributed by atoms with Crippen LogP contribution in [0.25, 0.3) is 32.3 Å². The molecular formula is C82H93N25O13. The highest BCUT2D eigenvalue weighted by Gasteiger charge is 2.28. The van der Waals surface area contributed by atoms with Crippen LogP contribution in [0.5, 0.6) is 0 Å². The highest BCUT2D eigenvalue weighted by molar-refractivity contribution is 6.23. The van der Waals surface area contributed by atoms with Gasteiger partial charge in [-0.25, -0.2) is 15.0 Å². The molecule has 120 heavy (non-hydrogen) atoms. The SMILES string of the molecule is CC(=O)Nc1cn(C)c(C(=O)Nc2cn(C)c(C(=O)Nc3cc(C(=O)Nc4cc(C(=O)NCC[C@@H](NC(=O)CCNC(=O)CCCc5ccc6ccc7cccc8ccc5c6c78)C(=O)Nc5cn(C)c(C(=O)Nc6cc(C(=O)Nc7cc(C(=O)Nc8cc(C(=O)NCCC(=O)NCCCN(C)C)n(C)c8)n(C)c7)n(C)c6)n5)n(C)c4)n(C)c3)n2)n1. The molecule has 624 valence electrons. The maximum Gasteiger partial charge on any atom is 0.292 e. The van der Waals surface area contributed by atoms with E-state index < -0.39 is 65.1 Å². The molecule has 0 aliphatic rings. The van der Waals surface area contributed by atoms with Gasteiger partial charge in [0.2, 0.25) is 47.0 Å². The predicted octanol–water partition coefficient (Wildman–Crippen LogP) is 5.91. The van der Waals surface area contributed by atoms with E-state index in [1.807, 2.05) is 25.1 Å². The number of hydrogen-bond donors (Lipinski definition) is 13. The van der Waals surface area contributed by atoms with Crippen molar-refractivity contribution in [2.24, 2.45) is 56.4 Å². The Balaban J connectivity index is 0.646. The summed E-state index contributed by atoms with van der Waals surface area (Å²) in [5, 5.41) is 42.4. The van der Waals surface area contributed by atoms with Gasteiger partial charge in [-0.2, -0.15) is 0 Å². The van der Waals surface area contributed by atoms with Crippen molar-refractivity contribution < 1.29 is 62.3 Å². The van der Waals surface area contributed by atoms with Crippen LogP contribution >= 0.6 is 0 Å². The summed E-state index contributed by atoms with van der Waals surface area (Å²) in [6, 6.07) is 24.8. The minimum atomic E-state index is -1.33. The third kappa shape index (κ3) is 20.4. The normalized spacial score (nSPS) is 11.5. The van der Waals surface area contributed by atoms with Crippen molar-refractivity contribution in [3.8, 4) is 0 Å². The van der Waals surface area contributed by atoms with Crippen molar-refractivity contribution in [3.05, 3.63) is 186 Å². The molecule has 8 heterocycles. The van der Waals surface area contributed by atoms with Crippen LogP contribution in [0.15, 0.2) is 135 Å². The van der Waals surface area contributed by atoms with Crippen molar-refractivity contribution in [3.63, 3.8) is 0 Å². The molecule has 4 aromatic carbocycles. The van der Waals surface area contributed by atoms with Gasteiger partial charge in [-0.3, -0.25) is 62.3 Å². The number of rotatable bonds is 35. The Morgan fingerprint density at radius 1 is 0.367 bits per heavy atom. The summed E-state index contributed by atoms with van der Waals surface area (Å²) in [7, 11) is 16.5. The van der Waals surface area contributed by atoms with E-state index in [4.69, 9.17) is 0 Å². The Hall–Kier alpha value is -15.0. The minimum absolute atomic E-state index is 0.0317. The number of amides is 13. The third-order valence-corrected chi connectivity index (χ3v) is 19.8. The zero-order valence-electron chi connectivity index (χ0n) is 67.9. The lowest BCUT2D eigenvalue weighted by Gasteiger charge is -2.18. The summed E-state index contributed by atoms with van der Waals surface area (Å²) in [6.45, 7) is 2.51. The third-order valence-electron chi connectivity index (χ3n) is 19.8. The lowest BCUT2D eigenvalue weighted by Crippen LogP contribution is -2.46.